The molecule has 1 aromatic rings. The number of hydrogen-bond acceptors (Lipinski definition) is 3. The number of halogens is 1. The average molecular weight is 340 g/mol. The van der Waals surface area contributed by atoms with Gasteiger partial charge in [-0.3, -0.25) is 10.5 Å². The molecular weight excluding hydrogens is 326 g/mol. The predicted molar refractivity (Wildman–Crippen MR) is 81.9 cm³/mol. The van der Waals surface area contributed by atoms with E-state index in [0.29, 0.717) is 17.1 Å². The maximum absolute atomic E-state index is 5.24. The van der Waals surface area contributed by atoms with E-state index in [9.17, 15) is 0 Å². The Hall–Kier alpha value is -1.21. The van der Waals surface area contributed by atoms with E-state index in [4.69, 9.17) is 12.2 Å². The first-order chi connectivity index (χ1) is 9.22. The number of nitrogens with one attached hydrogen (secondary N) is 3. The number of nitrogens with zero attached hydrogens (tertiary/aromatic N) is 2. The molecule has 3 atom stereocenters. The first-order valence-corrected chi connectivity index (χ1v) is 7.39. The average Bonchev–Trinajstić information content (AvgIpc) is 3.07. The molecule has 2 aliphatic rings. The fraction of sp³-hybridized carbons (Fsp3) is 0.417. The van der Waals surface area contributed by atoms with Crippen molar-refractivity contribution in [3.05, 3.63) is 28.5 Å². The number of fused-ring (bicyclic) bond motifs is 2. The van der Waals surface area contributed by atoms with E-state index in [1.165, 1.54) is 12.8 Å². The van der Waals surface area contributed by atoms with Gasteiger partial charge < -0.3 is 5.32 Å². The van der Waals surface area contributed by atoms with E-state index < -0.39 is 0 Å². The Labute approximate surface area is 125 Å². The second-order valence-electron chi connectivity index (χ2n) is 4.86. The fourth-order valence-corrected chi connectivity index (χ4v) is 3.17. The van der Waals surface area contributed by atoms with Gasteiger partial charge in [0.05, 0.1) is 22.6 Å². The molecule has 5 nitrogen and oxygen atoms in total. The lowest BCUT2D eigenvalue weighted by atomic mass is 10.0. The highest BCUT2D eigenvalue weighted by Crippen LogP contribution is 2.38. The lowest BCUT2D eigenvalue weighted by Crippen LogP contribution is -2.42. The zero-order valence-electron chi connectivity index (χ0n) is 10.1. The molecule has 1 aromatic heterocycles. The van der Waals surface area contributed by atoms with E-state index in [0.717, 1.165) is 16.1 Å². The molecule has 0 spiro atoms. The molecule has 100 valence electrons. The van der Waals surface area contributed by atoms with Crippen molar-refractivity contribution in [2.24, 2.45) is 16.9 Å². The minimum absolute atomic E-state index is 0.448. The van der Waals surface area contributed by atoms with Crippen LogP contribution < -0.4 is 10.7 Å². The lowest BCUT2D eigenvalue weighted by molar-refractivity contribution is 0.521. The summed E-state index contributed by atoms with van der Waals surface area (Å²) < 4.78 is 0.871. The Morgan fingerprint density at radius 2 is 2.42 bits per heavy atom. The van der Waals surface area contributed by atoms with Crippen LogP contribution in [0.4, 0.5) is 0 Å². The maximum atomic E-state index is 5.24. The van der Waals surface area contributed by atoms with Crippen LogP contribution in [0.3, 0.4) is 0 Å². The van der Waals surface area contributed by atoms with Gasteiger partial charge >= 0.3 is 0 Å². The van der Waals surface area contributed by atoms with Crippen LogP contribution in [0.5, 0.6) is 0 Å². The van der Waals surface area contributed by atoms with Crippen molar-refractivity contribution in [2.45, 2.75) is 18.9 Å². The van der Waals surface area contributed by atoms with Crippen molar-refractivity contribution < 1.29 is 0 Å². The first-order valence-electron chi connectivity index (χ1n) is 6.19. The fourth-order valence-electron chi connectivity index (χ4n) is 2.67. The standard InChI is InChI=1S/C12H14BrN5S/c13-9-5-14-17-11(9)6-15-18-12(19)16-10-4-7-1-2-8(10)3-7/h1-2,5-8,10H,3-4H2,(H,14,17)(H2,16,18,19)/b15-6+. The van der Waals surface area contributed by atoms with Crippen molar-refractivity contribution in [3.63, 3.8) is 0 Å². The summed E-state index contributed by atoms with van der Waals surface area (Å²) in [5.41, 5.74) is 3.64. The molecule has 0 aliphatic heterocycles. The van der Waals surface area contributed by atoms with Crippen LogP contribution in [0.1, 0.15) is 18.5 Å². The van der Waals surface area contributed by atoms with E-state index in [2.05, 4.69) is 54.1 Å². The molecule has 7 heteroatoms. The highest BCUT2D eigenvalue weighted by Gasteiger charge is 2.35. The maximum Gasteiger partial charge on any atom is 0.187 e. The van der Waals surface area contributed by atoms with Gasteiger partial charge in [-0.15, -0.1) is 0 Å². The first kappa shape index (κ1) is 12.8. The van der Waals surface area contributed by atoms with Crippen LogP contribution in [-0.2, 0) is 0 Å². The van der Waals surface area contributed by atoms with Crippen LogP contribution >= 0.6 is 28.1 Å². The van der Waals surface area contributed by atoms with Crippen molar-refractivity contribution >= 4 is 39.5 Å². The van der Waals surface area contributed by atoms with Crippen molar-refractivity contribution in [1.82, 2.24) is 20.9 Å². The molecule has 0 aromatic carbocycles. The van der Waals surface area contributed by atoms with Gasteiger partial charge in [-0.25, -0.2) is 0 Å². The van der Waals surface area contributed by atoms with Crippen LogP contribution in [0.2, 0.25) is 0 Å². The largest absolute Gasteiger partial charge is 0.358 e. The summed E-state index contributed by atoms with van der Waals surface area (Å²) >= 11 is 8.59. The predicted octanol–water partition coefficient (Wildman–Crippen LogP) is 1.93. The highest BCUT2D eigenvalue weighted by atomic mass is 79.9. The van der Waals surface area contributed by atoms with E-state index in [1.807, 2.05) is 0 Å². The zero-order chi connectivity index (χ0) is 13.2. The Kier molecular flexibility index (Phi) is 3.65. The number of hydrogen-bond donors (Lipinski definition) is 3. The lowest BCUT2D eigenvalue weighted by Gasteiger charge is -2.20. The summed E-state index contributed by atoms with van der Waals surface area (Å²) in [4.78, 5) is 0. The van der Waals surface area contributed by atoms with Crippen LogP contribution in [0.15, 0.2) is 27.9 Å². The number of hydrazone groups is 1. The number of rotatable bonds is 3. The number of H-pyrrole nitrogens is 1. The third kappa shape index (κ3) is 2.87. The summed E-state index contributed by atoms with van der Waals surface area (Å²) in [5, 5.41) is 14.7. The third-order valence-corrected chi connectivity index (χ3v) is 4.42. The van der Waals surface area contributed by atoms with Gasteiger partial charge in [-0.05, 0) is 52.8 Å². The Bertz CT molecular complexity index is 538. The van der Waals surface area contributed by atoms with E-state index in [1.54, 1.807) is 12.4 Å². The number of aromatic amines is 1. The monoisotopic (exact) mass is 339 g/mol. The molecule has 2 bridgehead atoms. The summed E-state index contributed by atoms with van der Waals surface area (Å²) in [6.07, 6.45) is 10.3. The Morgan fingerprint density at radius 3 is 3.05 bits per heavy atom. The second kappa shape index (κ2) is 5.42. The molecule has 19 heavy (non-hydrogen) atoms. The van der Waals surface area contributed by atoms with Crippen LogP contribution in [0, 0.1) is 11.8 Å². The number of allylic oxidation sites excluding steroid dienone is 1. The Morgan fingerprint density at radius 1 is 1.53 bits per heavy atom. The summed E-state index contributed by atoms with van der Waals surface area (Å²) in [5.74, 6) is 1.35. The van der Waals surface area contributed by atoms with E-state index in [-0.39, 0.29) is 0 Å². The summed E-state index contributed by atoms with van der Waals surface area (Å²) in [6.45, 7) is 0. The zero-order valence-corrected chi connectivity index (χ0v) is 12.5. The highest BCUT2D eigenvalue weighted by molar-refractivity contribution is 9.10. The van der Waals surface area contributed by atoms with E-state index >= 15 is 0 Å². The Balaban J connectivity index is 1.48. The van der Waals surface area contributed by atoms with Crippen molar-refractivity contribution in [3.8, 4) is 0 Å². The summed E-state index contributed by atoms with van der Waals surface area (Å²) in [6, 6.07) is 0.448. The quantitative estimate of drug-likeness (QED) is 0.341. The third-order valence-electron chi connectivity index (χ3n) is 3.58. The van der Waals surface area contributed by atoms with Crippen molar-refractivity contribution in [1.29, 1.82) is 0 Å². The van der Waals surface area contributed by atoms with Crippen LogP contribution in [0.25, 0.3) is 0 Å². The molecular formula is C12H14BrN5S. The smallest absolute Gasteiger partial charge is 0.187 e. The van der Waals surface area contributed by atoms with Crippen LogP contribution in [-0.4, -0.2) is 27.6 Å². The molecule has 3 rings (SSSR count). The minimum Gasteiger partial charge on any atom is -0.358 e. The van der Waals surface area contributed by atoms with Crippen molar-refractivity contribution in [2.75, 3.05) is 0 Å². The van der Waals surface area contributed by atoms with Gasteiger partial charge in [-0.1, -0.05) is 12.2 Å². The molecule has 0 amide bonds. The van der Waals surface area contributed by atoms with Gasteiger partial charge in [0, 0.05) is 6.04 Å². The molecule has 2 aliphatic carbocycles. The van der Waals surface area contributed by atoms with Gasteiger partial charge in [-0.2, -0.15) is 10.2 Å². The molecule has 3 unspecified atom stereocenters. The molecule has 1 saturated carbocycles. The molecule has 0 saturated heterocycles. The molecule has 3 N–H and O–H groups in total. The topological polar surface area (TPSA) is 65.1 Å². The minimum atomic E-state index is 0.448. The second-order valence-corrected chi connectivity index (χ2v) is 6.12. The number of aromatic nitrogens is 2. The molecule has 1 heterocycles. The summed E-state index contributed by atoms with van der Waals surface area (Å²) in [7, 11) is 0. The number of thiocarbonyl (C=S) groups is 1. The SMILES string of the molecule is S=C(N/N=C/c1[nH]ncc1Br)NC1CC2C=CC1C2. The normalized spacial score (nSPS) is 28.2. The van der Waals surface area contributed by atoms with Gasteiger partial charge in [0.2, 0.25) is 0 Å². The van der Waals surface area contributed by atoms with Gasteiger partial charge in [0.1, 0.15) is 0 Å². The van der Waals surface area contributed by atoms with Gasteiger partial charge in [0.15, 0.2) is 5.11 Å². The van der Waals surface area contributed by atoms with Gasteiger partial charge in [0.25, 0.3) is 0 Å². The molecule has 1 fully saturated rings. The molecule has 0 radical (unpaired) electrons.